The molecule has 0 unspecified atom stereocenters. The van der Waals surface area contributed by atoms with Crippen LogP contribution in [0.5, 0.6) is 5.75 Å². The van der Waals surface area contributed by atoms with E-state index in [2.05, 4.69) is 10.1 Å². The van der Waals surface area contributed by atoms with Gasteiger partial charge in [0.1, 0.15) is 11.6 Å². The van der Waals surface area contributed by atoms with Crippen LogP contribution in [-0.2, 0) is 6.18 Å². The number of anilines is 2. The molecule has 3 rings (SSSR count). The lowest BCUT2D eigenvalue weighted by Crippen LogP contribution is -2.12. The number of nitrogen functional groups attached to an aromatic ring is 2. The molecule has 0 bridgehead atoms. The van der Waals surface area contributed by atoms with Gasteiger partial charge in [0, 0.05) is 11.6 Å². The average Bonchev–Trinajstić information content (AvgIpc) is 2.92. The standard InChI is InChI=1S/C16H13F4N5O/c1-26-10-4-2-8(3-5-10)13-11(16(18,19)20)6-9(7-12(13)17)25-15(22)23-14(21)24-25/h2-7H,1H3,(H4,21,22,23,24). The van der Waals surface area contributed by atoms with Crippen LogP contribution in [-0.4, -0.2) is 21.9 Å². The molecule has 0 saturated heterocycles. The van der Waals surface area contributed by atoms with Gasteiger partial charge < -0.3 is 16.2 Å². The largest absolute Gasteiger partial charge is 0.497 e. The number of halogens is 4. The molecule has 0 amide bonds. The lowest BCUT2D eigenvalue weighted by atomic mass is 9.97. The molecule has 10 heteroatoms. The van der Waals surface area contributed by atoms with Crippen LogP contribution in [0.15, 0.2) is 36.4 Å². The topological polar surface area (TPSA) is 92.0 Å². The molecule has 0 aliphatic rings. The smallest absolute Gasteiger partial charge is 0.417 e. The Kier molecular flexibility index (Phi) is 4.18. The van der Waals surface area contributed by atoms with Crippen LogP contribution >= 0.6 is 0 Å². The summed E-state index contributed by atoms with van der Waals surface area (Å²) in [4.78, 5) is 3.60. The quantitative estimate of drug-likeness (QED) is 0.693. The van der Waals surface area contributed by atoms with E-state index in [-0.39, 0.29) is 23.1 Å². The minimum atomic E-state index is -4.81. The molecule has 26 heavy (non-hydrogen) atoms. The highest BCUT2D eigenvalue weighted by molar-refractivity contribution is 5.71. The lowest BCUT2D eigenvalue weighted by Gasteiger charge is -2.16. The van der Waals surface area contributed by atoms with Crippen LogP contribution in [0, 0.1) is 5.82 Å². The maximum atomic E-state index is 14.7. The second kappa shape index (κ2) is 6.21. The Morgan fingerprint density at radius 2 is 1.73 bits per heavy atom. The Morgan fingerprint density at radius 3 is 2.23 bits per heavy atom. The van der Waals surface area contributed by atoms with E-state index in [0.717, 1.165) is 16.8 Å². The van der Waals surface area contributed by atoms with Gasteiger partial charge in [0.15, 0.2) is 0 Å². The molecule has 1 heterocycles. The molecule has 2 aromatic carbocycles. The normalized spacial score (nSPS) is 11.6. The predicted octanol–water partition coefficient (Wildman–Crippen LogP) is 3.27. The summed E-state index contributed by atoms with van der Waals surface area (Å²) in [5, 5.41) is 3.68. The number of nitrogens with zero attached hydrogens (tertiary/aromatic N) is 3. The number of benzene rings is 2. The summed E-state index contributed by atoms with van der Waals surface area (Å²) < 4.78 is 61.2. The van der Waals surface area contributed by atoms with Crippen molar-refractivity contribution < 1.29 is 22.3 Å². The highest BCUT2D eigenvalue weighted by Crippen LogP contribution is 2.40. The van der Waals surface area contributed by atoms with Crippen molar-refractivity contribution in [2.24, 2.45) is 0 Å². The molecule has 4 N–H and O–H groups in total. The van der Waals surface area contributed by atoms with Crippen molar-refractivity contribution >= 4 is 11.9 Å². The number of ether oxygens (including phenoxy) is 1. The molecule has 0 saturated carbocycles. The van der Waals surface area contributed by atoms with Gasteiger partial charge in [-0.1, -0.05) is 12.1 Å². The zero-order valence-corrected chi connectivity index (χ0v) is 13.4. The van der Waals surface area contributed by atoms with Crippen LogP contribution < -0.4 is 16.2 Å². The number of alkyl halides is 3. The van der Waals surface area contributed by atoms with E-state index >= 15 is 0 Å². The minimum absolute atomic E-state index is 0.0493. The molecule has 6 nitrogen and oxygen atoms in total. The van der Waals surface area contributed by atoms with E-state index in [1.165, 1.54) is 31.4 Å². The van der Waals surface area contributed by atoms with Gasteiger partial charge in [-0.25, -0.2) is 4.39 Å². The number of methoxy groups -OCH3 is 1. The van der Waals surface area contributed by atoms with Crippen molar-refractivity contribution in [3.63, 3.8) is 0 Å². The maximum Gasteiger partial charge on any atom is 0.417 e. The van der Waals surface area contributed by atoms with Crippen LogP contribution in [0.4, 0.5) is 29.5 Å². The Balaban J connectivity index is 2.23. The zero-order chi connectivity index (χ0) is 19.1. The summed E-state index contributed by atoms with van der Waals surface area (Å²) in [7, 11) is 1.42. The highest BCUT2D eigenvalue weighted by atomic mass is 19.4. The Labute approximate surface area is 145 Å². The van der Waals surface area contributed by atoms with Gasteiger partial charge in [0.05, 0.1) is 18.4 Å². The number of aromatic nitrogens is 3. The number of nitrogens with two attached hydrogens (primary N) is 2. The molecular formula is C16H13F4N5O. The molecule has 0 radical (unpaired) electrons. The molecule has 0 atom stereocenters. The van der Waals surface area contributed by atoms with E-state index in [1.807, 2.05) is 0 Å². The number of rotatable bonds is 3. The molecule has 1 aromatic heterocycles. The first-order valence-electron chi connectivity index (χ1n) is 7.24. The number of hydrogen-bond donors (Lipinski definition) is 2. The minimum Gasteiger partial charge on any atom is -0.497 e. The van der Waals surface area contributed by atoms with Gasteiger partial charge >= 0.3 is 6.18 Å². The van der Waals surface area contributed by atoms with Gasteiger partial charge in [0.2, 0.25) is 11.9 Å². The second-order valence-corrected chi connectivity index (χ2v) is 5.32. The molecule has 0 aliphatic heterocycles. The molecule has 0 spiro atoms. The van der Waals surface area contributed by atoms with Crippen LogP contribution in [0.1, 0.15) is 5.56 Å². The monoisotopic (exact) mass is 367 g/mol. The van der Waals surface area contributed by atoms with Crippen molar-refractivity contribution in [2.75, 3.05) is 18.6 Å². The van der Waals surface area contributed by atoms with E-state index < -0.39 is 23.1 Å². The summed E-state index contributed by atoms with van der Waals surface area (Å²) in [6.07, 6.45) is -4.81. The predicted molar refractivity (Wildman–Crippen MR) is 87.1 cm³/mol. The summed E-state index contributed by atoms with van der Waals surface area (Å²) >= 11 is 0. The van der Waals surface area contributed by atoms with Gasteiger partial charge in [-0.15, -0.1) is 5.10 Å². The zero-order valence-electron chi connectivity index (χ0n) is 13.4. The summed E-state index contributed by atoms with van der Waals surface area (Å²) in [5.41, 5.74) is 8.98. The van der Waals surface area contributed by atoms with Crippen LogP contribution in [0.2, 0.25) is 0 Å². The van der Waals surface area contributed by atoms with E-state index in [9.17, 15) is 17.6 Å². The third kappa shape index (κ3) is 3.13. The van der Waals surface area contributed by atoms with E-state index in [0.29, 0.717) is 5.75 Å². The van der Waals surface area contributed by atoms with E-state index in [1.54, 1.807) is 0 Å². The highest BCUT2D eigenvalue weighted by Gasteiger charge is 2.36. The number of hydrogen-bond acceptors (Lipinski definition) is 5. The molecule has 3 aromatic rings. The first-order chi connectivity index (χ1) is 12.2. The average molecular weight is 367 g/mol. The molecular weight excluding hydrogens is 354 g/mol. The van der Waals surface area contributed by atoms with Gasteiger partial charge in [-0.2, -0.15) is 22.8 Å². The molecule has 136 valence electrons. The van der Waals surface area contributed by atoms with Crippen molar-refractivity contribution in [3.8, 4) is 22.6 Å². The maximum absolute atomic E-state index is 14.7. The van der Waals surface area contributed by atoms with Gasteiger partial charge in [0.25, 0.3) is 0 Å². The Hall–Kier alpha value is -3.30. The Bertz CT molecular complexity index is 951. The lowest BCUT2D eigenvalue weighted by molar-refractivity contribution is -0.137. The fourth-order valence-electron chi connectivity index (χ4n) is 2.52. The third-order valence-corrected chi connectivity index (χ3v) is 3.65. The molecule has 0 fully saturated rings. The van der Waals surface area contributed by atoms with Crippen molar-refractivity contribution in [2.45, 2.75) is 6.18 Å². The summed E-state index contributed by atoms with van der Waals surface area (Å²) in [6, 6.07) is 7.20. The summed E-state index contributed by atoms with van der Waals surface area (Å²) in [5.74, 6) is -1.15. The fraction of sp³-hybridized carbons (Fsp3) is 0.125. The molecule has 0 aliphatic carbocycles. The van der Waals surface area contributed by atoms with Crippen molar-refractivity contribution in [3.05, 3.63) is 47.8 Å². The first-order valence-corrected chi connectivity index (χ1v) is 7.24. The Morgan fingerprint density at radius 1 is 1.08 bits per heavy atom. The second-order valence-electron chi connectivity index (χ2n) is 5.32. The van der Waals surface area contributed by atoms with Crippen molar-refractivity contribution in [1.82, 2.24) is 14.8 Å². The SMILES string of the molecule is COc1ccc(-c2c(F)cc(-n3nc(N)nc3N)cc2C(F)(F)F)cc1. The van der Waals surface area contributed by atoms with Crippen LogP contribution in [0.25, 0.3) is 16.8 Å². The van der Waals surface area contributed by atoms with Crippen LogP contribution in [0.3, 0.4) is 0 Å². The van der Waals surface area contributed by atoms with Gasteiger partial charge in [-0.05, 0) is 23.8 Å². The van der Waals surface area contributed by atoms with E-state index in [4.69, 9.17) is 16.2 Å². The third-order valence-electron chi connectivity index (χ3n) is 3.65. The van der Waals surface area contributed by atoms with Gasteiger partial charge in [-0.3, -0.25) is 0 Å². The first kappa shape index (κ1) is 17.5. The fourth-order valence-corrected chi connectivity index (χ4v) is 2.52. The summed E-state index contributed by atoms with van der Waals surface area (Å²) in [6.45, 7) is 0. The van der Waals surface area contributed by atoms with Crippen molar-refractivity contribution in [1.29, 1.82) is 0 Å².